The first-order valence-electron chi connectivity index (χ1n) is 4.99. The molecule has 6 nitrogen and oxygen atoms in total. The first kappa shape index (κ1) is 12.0. The van der Waals surface area contributed by atoms with Gasteiger partial charge < -0.3 is 9.47 Å². The highest BCUT2D eigenvalue weighted by atomic mass is 32.2. The number of hydrogen-bond donors (Lipinski definition) is 0. The second kappa shape index (κ2) is 4.08. The zero-order valence-corrected chi connectivity index (χ0v) is 10.7. The fraction of sp³-hybridized carbons (Fsp3) is 0.400. The van der Waals surface area contributed by atoms with Gasteiger partial charge in [-0.05, 0) is 12.1 Å². The third-order valence-corrected chi connectivity index (χ3v) is 4.35. The van der Waals surface area contributed by atoms with Crippen molar-refractivity contribution in [1.82, 2.24) is 4.31 Å². The van der Waals surface area contributed by atoms with E-state index < -0.39 is 10.2 Å². The molecule has 0 unspecified atom stereocenters. The Balaban J connectivity index is 2.35. The summed E-state index contributed by atoms with van der Waals surface area (Å²) in [6, 6.07) is 5.01. The molecule has 0 aromatic heterocycles. The summed E-state index contributed by atoms with van der Waals surface area (Å²) in [6.45, 7) is 0.170. The van der Waals surface area contributed by atoms with Crippen LogP contribution in [0.25, 0.3) is 0 Å². The number of nitrogens with zero attached hydrogens (tertiary/aromatic N) is 2. The van der Waals surface area contributed by atoms with Crippen molar-refractivity contribution in [2.75, 3.05) is 32.2 Å². The number of anilines is 1. The normalized spacial score (nSPS) is 14.1. The van der Waals surface area contributed by atoms with Crippen molar-refractivity contribution in [3.63, 3.8) is 0 Å². The third kappa shape index (κ3) is 2.03. The van der Waals surface area contributed by atoms with E-state index in [1.165, 1.54) is 25.4 Å². The Bertz CT molecular complexity index is 527. The van der Waals surface area contributed by atoms with E-state index in [2.05, 4.69) is 0 Å². The molecule has 1 aromatic carbocycles. The largest absolute Gasteiger partial charge is 0.454 e. The smallest absolute Gasteiger partial charge is 0.303 e. The van der Waals surface area contributed by atoms with Crippen LogP contribution in [0.3, 0.4) is 0 Å². The summed E-state index contributed by atoms with van der Waals surface area (Å²) in [7, 11) is 0.986. The van der Waals surface area contributed by atoms with Crippen LogP contribution in [0.5, 0.6) is 11.5 Å². The van der Waals surface area contributed by atoms with E-state index in [1.807, 2.05) is 0 Å². The van der Waals surface area contributed by atoms with E-state index in [1.54, 1.807) is 18.2 Å². The summed E-state index contributed by atoms with van der Waals surface area (Å²) in [5.41, 5.74) is 0.531. The van der Waals surface area contributed by atoms with Gasteiger partial charge in [0.25, 0.3) is 0 Å². The Morgan fingerprint density at radius 3 is 2.41 bits per heavy atom. The molecule has 1 heterocycles. The Morgan fingerprint density at radius 2 is 1.76 bits per heavy atom. The number of rotatable bonds is 3. The van der Waals surface area contributed by atoms with Crippen LogP contribution in [-0.4, -0.2) is 40.7 Å². The van der Waals surface area contributed by atoms with Crippen molar-refractivity contribution in [3.8, 4) is 11.5 Å². The fourth-order valence-corrected chi connectivity index (χ4v) is 2.33. The van der Waals surface area contributed by atoms with Crippen LogP contribution in [0.4, 0.5) is 5.69 Å². The van der Waals surface area contributed by atoms with Crippen molar-refractivity contribution in [2.24, 2.45) is 0 Å². The molecular weight excluding hydrogens is 244 g/mol. The molecule has 0 saturated heterocycles. The molecule has 94 valence electrons. The average molecular weight is 258 g/mol. The first-order valence-corrected chi connectivity index (χ1v) is 6.38. The minimum absolute atomic E-state index is 0.170. The highest BCUT2D eigenvalue weighted by molar-refractivity contribution is 7.90. The van der Waals surface area contributed by atoms with Gasteiger partial charge in [-0.2, -0.15) is 12.7 Å². The molecule has 0 N–H and O–H groups in total. The van der Waals surface area contributed by atoms with Gasteiger partial charge in [-0.15, -0.1) is 0 Å². The molecule has 0 spiro atoms. The number of hydrogen-bond acceptors (Lipinski definition) is 4. The summed E-state index contributed by atoms with van der Waals surface area (Å²) in [6.07, 6.45) is 0. The third-order valence-electron chi connectivity index (χ3n) is 2.53. The van der Waals surface area contributed by atoms with Gasteiger partial charge in [-0.3, -0.25) is 4.31 Å². The van der Waals surface area contributed by atoms with Gasteiger partial charge in [-0.1, -0.05) is 0 Å². The maximum absolute atomic E-state index is 11.9. The Hall–Kier alpha value is -1.47. The number of benzene rings is 1. The lowest BCUT2D eigenvalue weighted by molar-refractivity contribution is 0.174. The quantitative estimate of drug-likeness (QED) is 0.799. The Kier molecular flexibility index (Phi) is 2.88. The van der Waals surface area contributed by atoms with Gasteiger partial charge in [0.1, 0.15) is 0 Å². The second-order valence-corrected chi connectivity index (χ2v) is 5.97. The standard InChI is InChI=1S/C10H14N2O4S/c1-11(2)17(13,14)12(3)8-4-5-9-10(6-8)16-7-15-9/h4-6H,7H2,1-3H3. The van der Waals surface area contributed by atoms with Crippen molar-refractivity contribution in [3.05, 3.63) is 18.2 Å². The van der Waals surface area contributed by atoms with Crippen molar-refractivity contribution >= 4 is 15.9 Å². The Labute approximate surface area is 101 Å². The van der Waals surface area contributed by atoms with Gasteiger partial charge in [0.15, 0.2) is 11.5 Å². The summed E-state index contributed by atoms with van der Waals surface area (Å²) in [4.78, 5) is 0. The lowest BCUT2D eigenvalue weighted by Gasteiger charge is -2.23. The lowest BCUT2D eigenvalue weighted by atomic mass is 10.3. The van der Waals surface area contributed by atoms with Crippen LogP contribution in [-0.2, 0) is 10.2 Å². The predicted molar refractivity (Wildman–Crippen MR) is 63.6 cm³/mol. The molecule has 0 aliphatic carbocycles. The topological polar surface area (TPSA) is 59.1 Å². The maximum Gasteiger partial charge on any atom is 0.303 e. The van der Waals surface area contributed by atoms with E-state index in [4.69, 9.17) is 9.47 Å². The number of ether oxygens (including phenoxy) is 2. The maximum atomic E-state index is 11.9. The summed E-state index contributed by atoms with van der Waals surface area (Å²) in [5, 5.41) is 0. The monoisotopic (exact) mass is 258 g/mol. The fourth-order valence-electron chi connectivity index (χ4n) is 1.46. The summed E-state index contributed by atoms with van der Waals surface area (Å²) in [5.74, 6) is 1.19. The average Bonchev–Trinajstić information content (AvgIpc) is 2.74. The predicted octanol–water partition coefficient (Wildman–Crippen LogP) is 0.658. The van der Waals surface area contributed by atoms with E-state index in [9.17, 15) is 8.42 Å². The molecular formula is C10H14N2O4S. The van der Waals surface area contributed by atoms with E-state index in [-0.39, 0.29) is 6.79 Å². The van der Waals surface area contributed by atoms with Crippen molar-refractivity contribution in [1.29, 1.82) is 0 Å². The zero-order chi connectivity index (χ0) is 12.6. The molecule has 17 heavy (non-hydrogen) atoms. The van der Waals surface area contributed by atoms with Crippen LogP contribution in [0, 0.1) is 0 Å². The van der Waals surface area contributed by atoms with Gasteiger partial charge in [0, 0.05) is 27.2 Å². The van der Waals surface area contributed by atoms with E-state index >= 15 is 0 Å². The molecule has 1 aliphatic heterocycles. The Morgan fingerprint density at radius 1 is 1.12 bits per heavy atom. The molecule has 0 bridgehead atoms. The van der Waals surface area contributed by atoms with Gasteiger partial charge >= 0.3 is 10.2 Å². The molecule has 0 amide bonds. The molecule has 2 rings (SSSR count). The van der Waals surface area contributed by atoms with Crippen molar-refractivity contribution in [2.45, 2.75) is 0 Å². The molecule has 0 fully saturated rings. The van der Waals surface area contributed by atoms with Crippen LogP contribution < -0.4 is 13.8 Å². The molecule has 1 aromatic rings. The van der Waals surface area contributed by atoms with Gasteiger partial charge in [-0.25, -0.2) is 0 Å². The van der Waals surface area contributed by atoms with Crippen LogP contribution in [0.1, 0.15) is 0 Å². The highest BCUT2D eigenvalue weighted by Gasteiger charge is 2.23. The molecule has 0 atom stereocenters. The first-order chi connectivity index (χ1) is 7.93. The summed E-state index contributed by atoms with van der Waals surface area (Å²) < 4.78 is 36.5. The molecule has 0 radical (unpaired) electrons. The van der Waals surface area contributed by atoms with E-state index in [0.29, 0.717) is 17.2 Å². The number of fused-ring (bicyclic) bond motifs is 1. The molecule has 0 saturated carbocycles. The van der Waals surface area contributed by atoms with Crippen LogP contribution in [0.15, 0.2) is 18.2 Å². The van der Waals surface area contributed by atoms with Gasteiger partial charge in [0.2, 0.25) is 6.79 Å². The lowest BCUT2D eigenvalue weighted by Crippen LogP contribution is -2.37. The summed E-state index contributed by atoms with van der Waals surface area (Å²) >= 11 is 0. The minimum Gasteiger partial charge on any atom is -0.454 e. The molecule has 1 aliphatic rings. The minimum atomic E-state index is -3.48. The van der Waals surface area contributed by atoms with E-state index in [0.717, 1.165) is 4.31 Å². The highest BCUT2D eigenvalue weighted by Crippen LogP contribution is 2.35. The van der Waals surface area contributed by atoms with Crippen LogP contribution in [0.2, 0.25) is 0 Å². The second-order valence-electron chi connectivity index (χ2n) is 3.80. The molecule has 7 heteroatoms. The van der Waals surface area contributed by atoms with Gasteiger partial charge in [0.05, 0.1) is 5.69 Å². The van der Waals surface area contributed by atoms with Crippen LogP contribution >= 0.6 is 0 Å². The zero-order valence-electron chi connectivity index (χ0n) is 9.87. The SMILES string of the molecule is CN(C)S(=O)(=O)N(C)c1ccc2c(c1)OCO2. The van der Waals surface area contributed by atoms with Crippen molar-refractivity contribution < 1.29 is 17.9 Å².